The van der Waals surface area contributed by atoms with E-state index in [9.17, 15) is 14.7 Å². The molecule has 8 heteroatoms. The van der Waals surface area contributed by atoms with E-state index in [2.05, 4.69) is 5.16 Å². The number of amides is 1. The average Bonchev–Trinajstić information content (AvgIpc) is 3.33. The van der Waals surface area contributed by atoms with E-state index in [4.69, 9.17) is 14.0 Å². The number of aryl methyl sites for hydroxylation is 2. The number of carbonyl (C=O) groups is 2. The standard InChI is InChI=1S/C24H22N2O6/c1-13-8-10-15(11-9-13)21(27)19-20(16-6-5-7-17(30-3)23(16)31-4)26(24(29)22(19)28)18-12-14(2)32-25-18/h5-12,20,27H,1-4H3/b21-19+. The van der Waals surface area contributed by atoms with Gasteiger partial charge in [0.15, 0.2) is 17.3 Å². The third-order valence-corrected chi connectivity index (χ3v) is 5.36. The van der Waals surface area contributed by atoms with Crippen molar-refractivity contribution in [2.24, 2.45) is 0 Å². The van der Waals surface area contributed by atoms with Gasteiger partial charge in [-0.3, -0.25) is 14.5 Å². The Kier molecular flexibility index (Phi) is 5.44. The number of rotatable bonds is 5. The van der Waals surface area contributed by atoms with Crippen LogP contribution in [0.15, 0.2) is 58.6 Å². The first-order valence-electron chi connectivity index (χ1n) is 9.89. The minimum atomic E-state index is -1.01. The normalized spacial score (nSPS) is 17.6. The van der Waals surface area contributed by atoms with Crippen LogP contribution in [0.3, 0.4) is 0 Å². The quantitative estimate of drug-likeness (QED) is 0.369. The van der Waals surface area contributed by atoms with Crippen molar-refractivity contribution >= 4 is 23.3 Å². The molecule has 1 atom stereocenters. The van der Waals surface area contributed by atoms with E-state index in [1.54, 1.807) is 43.3 Å². The maximum atomic E-state index is 13.2. The Morgan fingerprint density at radius 3 is 2.38 bits per heavy atom. The van der Waals surface area contributed by atoms with Gasteiger partial charge in [-0.1, -0.05) is 47.1 Å². The predicted octanol–water partition coefficient (Wildman–Crippen LogP) is 3.93. The molecule has 0 saturated carbocycles. The Morgan fingerprint density at radius 2 is 1.78 bits per heavy atom. The summed E-state index contributed by atoms with van der Waals surface area (Å²) in [4.78, 5) is 27.5. The van der Waals surface area contributed by atoms with Gasteiger partial charge >= 0.3 is 5.91 Å². The molecule has 1 aliphatic heterocycles. The molecule has 0 spiro atoms. The molecular weight excluding hydrogens is 412 g/mol. The average molecular weight is 434 g/mol. The number of aromatic nitrogens is 1. The fourth-order valence-corrected chi connectivity index (χ4v) is 3.82. The molecule has 164 valence electrons. The number of carbonyl (C=O) groups excluding carboxylic acids is 2. The summed E-state index contributed by atoms with van der Waals surface area (Å²) in [5.74, 6) is -0.579. The number of aliphatic hydroxyl groups is 1. The van der Waals surface area contributed by atoms with Crippen LogP contribution < -0.4 is 14.4 Å². The molecule has 1 N–H and O–H groups in total. The van der Waals surface area contributed by atoms with Crippen LogP contribution in [0, 0.1) is 13.8 Å². The molecule has 1 saturated heterocycles. The molecule has 1 unspecified atom stereocenters. The molecule has 0 aliphatic carbocycles. The van der Waals surface area contributed by atoms with Gasteiger partial charge in [-0.05, 0) is 19.9 Å². The molecule has 2 heterocycles. The van der Waals surface area contributed by atoms with Crippen LogP contribution in [0.4, 0.5) is 5.82 Å². The Balaban J connectivity index is 2.01. The van der Waals surface area contributed by atoms with Gasteiger partial charge in [0.05, 0.1) is 19.8 Å². The maximum absolute atomic E-state index is 13.2. The Labute approximate surface area is 184 Å². The van der Waals surface area contributed by atoms with Crippen molar-refractivity contribution in [3.05, 3.63) is 76.6 Å². The monoisotopic (exact) mass is 434 g/mol. The number of methoxy groups -OCH3 is 2. The summed E-state index contributed by atoms with van der Waals surface area (Å²) in [6.07, 6.45) is 0. The molecule has 0 bridgehead atoms. The topological polar surface area (TPSA) is 102 Å². The smallest absolute Gasteiger partial charge is 0.301 e. The molecule has 2 aromatic carbocycles. The summed E-state index contributed by atoms with van der Waals surface area (Å²) >= 11 is 0. The van der Waals surface area contributed by atoms with Gasteiger partial charge in [-0.25, -0.2) is 0 Å². The van der Waals surface area contributed by atoms with E-state index in [0.717, 1.165) is 5.56 Å². The van der Waals surface area contributed by atoms with E-state index in [0.29, 0.717) is 28.4 Å². The first-order chi connectivity index (χ1) is 15.4. The molecule has 0 radical (unpaired) electrons. The number of para-hydroxylation sites is 1. The SMILES string of the molecule is COc1cccc(C2/C(=C(\O)c3ccc(C)cc3)C(=O)C(=O)N2c2cc(C)on2)c1OC. The van der Waals surface area contributed by atoms with Crippen molar-refractivity contribution in [3.8, 4) is 11.5 Å². The molecule has 3 aromatic rings. The summed E-state index contributed by atoms with van der Waals surface area (Å²) in [5, 5.41) is 15.1. The molecule has 1 aliphatic rings. The van der Waals surface area contributed by atoms with Gasteiger partial charge in [-0.15, -0.1) is 0 Å². The Hall–Kier alpha value is -4.07. The van der Waals surface area contributed by atoms with Crippen molar-refractivity contribution in [3.63, 3.8) is 0 Å². The van der Waals surface area contributed by atoms with E-state index >= 15 is 0 Å². The predicted molar refractivity (Wildman–Crippen MR) is 117 cm³/mol. The van der Waals surface area contributed by atoms with Crippen LogP contribution in [0.2, 0.25) is 0 Å². The molecule has 4 rings (SSSR count). The van der Waals surface area contributed by atoms with E-state index in [1.165, 1.54) is 19.1 Å². The van der Waals surface area contributed by atoms with Gasteiger partial charge in [0.1, 0.15) is 17.6 Å². The van der Waals surface area contributed by atoms with Crippen molar-refractivity contribution in [2.45, 2.75) is 19.9 Å². The lowest BCUT2D eigenvalue weighted by molar-refractivity contribution is -0.132. The number of nitrogens with zero attached hydrogens (tertiary/aromatic N) is 2. The minimum absolute atomic E-state index is 0.0777. The lowest BCUT2D eigenvalue weighted by atomic mass is 9.94. The van der Waals surface area contributed by atoms with E-state index < -0.39 is 17.7 Å². The number of anilines is 1. The summed E-state index contributed by atoms with van der Waals surface area (Å²) < 4.78 is 16.1. The first kappa shape index (κ1) is 21.2. The maximum Gasteiger partial charge on any atom is 0.301 e. The highest BCUT2D eigenvalue weighted by atomic mass is 16.5. The van der Waals surface area contributed by atoms with Gasteiger partial charge in [-0.2, -0.15) is 0 Å². The zero-order valence-corrected chi connectivity index (χ0v) is 18.1. The lowest BCUT2D eigenvalue weighted by Crippen LogP contribution is -2.30. The lowest BCUT2D eigenvalue weighted by Gasteiger charge is -2.25. The van der Waals surface area contributed by atoms with Gasteiger partial charge < -0.3 is 19.1 Å². The number of ether oxygens (including phenoxy) is 2. The Morgan fingerprint density at radius 1 is 1.06 bits per heavy atom. The number of aliphatic hydroxyl groups excluding tert-OH is 1. The number of Topliss-reactive ketones (excluding diaryl/α,β-unsaturated/α-hetero) is 1. The van der Waals surface area contributed by atoms with Gasteiger partial charge in [0.25, 0.3) is 5.78 Å². The second-order valence-electron chi connectivity index (χ2n) is 7.41. The molecule has 8 nitrogen and oxygen atoms in total. The zero-order valence-electron chi connectivity index (χ0n) is 18.1. The third kappa shape index (κ3) is 3.39. The number of hydrogen-bond acceptors (Lipinski definition) is 7. The van der Waals surface area contributed by atoms with Gasteiger partial charge in [0, 0.05) is 17.2 Å². The van der Waals surface area contributed by atoms with Crippen LogP contribution in [-0.2, 0) is 9.59 Å². The molecule has 1 fully saturated rings. The van der Waals surface area contributed by atoms with Crippen molar-refractivity contribution in [1.82, 2.24) is 5.16 Å². The highest BCUT2D eigenvalue weighted by Gasteiger charge is 2.49. The van der Waals surface area contributed by atoms with Gasteiger partial charge in [0.2, 0.25) is 0 Å². The molecule has 32 heavy (non-hydrogen) atoms. The van der Waals surface area contributed by atoms with Crippen LogP contribution >= 0.6 is 0 Å². The largest absolute Gasteiger partial charge is 0.507 e. The van der Waals surface area contributed by atoms with Crippen LogP contribution in [0.5, 0.6) is 11.5 Å². The molecule has 1 aromatic heterocycles. The number of ketones is 1. The second-order valence-corrected chi connectivity index (χ2v) is 7.41. The number of hydrogen-bond donors (Lipinski definition) is 1. The fraction of sp³-hybridized carbons (Fsp3) is 0.208. The van der Waals surface area contributed by atoms with E-state index in [-0.39, 0.29) is 17.2 Å². The fourth-order valence-electron chi connectivity index (χ4n) is 3.82. The summed E-state index contributed by atoms with van der Waals surface area (Å²) in [5.41, 5.74) is 1.79. The second kappa shape index (κ2) is 8.22. The Bertz CT molecular complexity index is 1230. The van der Waals surface area contributed by atoms with Crippen molar-refractivity contribution < 1.29 is 28.7 Å². The number of benzene rings is 2. The summed E-state index contributed by atoms with van der Waals surface area (Å²) in [7, 11) is 2.96. The van der Waals surface area contributed by atoms with Crippen LogP contribution in [0.1, 0.15) is 28.5 Å². The van der Waals surface area contributed by atoms with Crippen molar-refractivity contribution in [1.29, 1.82) is 0 Å². The zero-order chi connectivity index (χ0) is 23.0. The molecular formula is C24H22N2O6. The van der Waals surface area contributed by atoms with Crippen molar-refractivity contribution in [2.75, 3.05) is 19.1 Å². The highest BCUT2D eigenvalue weighted by molar-refractivity contribution is 6.51. The van der Waals surface area contributed by atoms with Crippen LogP contribution in [0.25, 0.3) is 5.76 Å². The van der Waals surface area contributed by atoms with E-state index in [1.807, 2.05) is 19.1 Å². The summed E-state index contributed by atoms with van der Waals surface area (Å²) in [6.45, 7) is 3.59. The third-order valence-electron chi connectivity index (χ3n) is 5.36. The molecule has 1 amide bonds. The minimum Gasteiger partial charge on any atom is -0.507 e. The highest BCUT2D eigenvalue weighted by Crippen LogP contribution is 2.46. The first-order valence-corrected chi connectivity index (χ1v) is 9.89. The van der Waals surface area contributed by atoms with Crippen LogP contribution in [-0.4, -0.2) is 36.2 Å². The summed E-state index contributed by atoms with van der Waals surface area (Å²) in [6, 6.07) is 12.7.